The quantitative estimate of drug-likeness (QED) is 0.863. The second-order valence-electron chi connectivity index (χ2n) is 3.80. The lowest BCUT2D eigenvalue weighted by atomic mass is 10.2. The Morgan fingerprint density at radius 3 is 2.94 bits per heavy atom. The lowest BCUT2D eigenvalue weighted by molar-refractivity contribution is 0.979. The molecule has 2 heterocycles. The van der Waals surface area contributed by atoms with Crippen molar-refractivity contribution in [2.75, 3.05) is 11.9 Å². The van der Waals surface area contributed by atoms with Crippen LogP contribution >= 0.6 is 11.3 Å². The summed E-state index contributed by atoms with van der Waals surface area (Å²) in [6.45, 7) is 5.29. The van der Waals surface area contributed by atoms with Crippen molar-refractivity contribution in [2.45, 2.75) is 20.3 Å². The fourth-order valence-corrected chi connectivity index (χ4v) is 2.24. The first-order chi connectivity index (χ1) is 7.79. The van der Waals surface area contributed by atoms with E-state index in [9.17, 15) is 0 Å². The summed E-state index contributed by atoms with van der Waals surface area (Å²) in [5.74, 6) is 0. The molecule has 2 nitrogen and oxygen atoms in total. The third-order valence-electron chi connectivity index (χ3n) is 2.37. The van der Waals surface area contributed by atoms with Crippen molar-refractivity contribution < 1.29 is 0 Å². The molecule has 0 aromatic carbocycles. The minimum absolute atomic E-state index is 1.01. The highest BCUT2D eigenvalue weighted by atomic mass is 32.1. The molecule has 2 aromatic rings. The third kappa shape index (κ3) is 2.61. The number of nitrogens with zero attached hydrogens (tertiary/aromatic N) is 1. The molecule has 0 atom stereocenters. The molecule has 0 amide bonds. The summed E-state index contributed by atoms with van der Waals surface area (Å²) >= 11 is 1.76. The molecule has 0 saturated carbocycles. The predicted octanol–water partition coefficient (Wildman–Crippen LogP) is 3.94. The van der Waals surface area contributed by atoms with Gasteiger partial charge >= 0.3 is 0 Å². The van der Waals surface area contributed by atoms with Gasteiger partial charge in [0.05, 0.1) is 5.69 Å². The van der Waals surface area contributed by atoms with Crippen LogP contribution in [0.25, 0.3) is 11.3 Å². The van der Waals surface area contributed by atoms with Gasteiger partial charge in [-0.3, -0.25) is 4.98 Å². The Bertz CT molecular complexity index is 462. The van der Waals surface area contributed by atoms with Crippen molar-refractivity contribution in [1.82, 2.24) is 4.98 Å². The van der Waals surface area contributed by atoms with Crippen LogP contribution in [0.15, 0.2) is 29.8 Å². The SMILES string of the molecule is CCCNc1ccnc(-c2csc(C)c2)c1. The largest absolute Gasteiger partial charge is 0.385 e. The first-order valence-electron chi connectivity index (χ1n) is 5.55. The first-order valence-corrected chi connectivity index (χ1v) is 6.43. The van der Waals surface area contributed by atoms with Gasteiger partial charge in [-0.2, -0.15) is 0 Å². The molecule has 0 saturated heterocycles. The molecule has 0 bridgehead atoms. The number of nitrogens with one attached hydrogen (secondary N) is 1. The molecule has 84 valence electrons. The summed E-state index contributed by atoms with van der Waals surface area (Å²) in [4.78, 5) is 5.72. The Morgan fingerprint density at radius 2 is 2.25 bits per heavy atom. The molecule has 0 aliphatic carbocycles. The van der Waals surface area contributed by atoms with E-state index in [0.717, 1.165) is 24.3 Å². The summed E-state index contributed by atoms with van der Waals surface area (Å²) < 4.78 is 0. The van der Waals surface area contributed by atoms with Crippen LogP contribution in [-0.4, -0.2) is 11.5 Å². The normalized spacial score (nSPS) is 10.4. The maximum Gasteiger partial charge on any atom is 0.0730 e. The van der Waals surface area contributed by atoms with Gasteiger partial charge in [0, 0.05) is 34.2 Å². The monoisotopic (exact) mass is 232 g/mol. The Balaban J connectivity index is 2.22. The molecule has 0 spiro atoms. The molecule has 0 aliphatic rings. The molecule has 3 heteroatoms. The van der Waals surface area contributed by atoms with Crippen molar-refractivity contribution in [3.05, 3.63) is 34.7 Å². The molecule has 0 unspecified atom stereocenters. The van der Waals surface area contributed by atoms with E-state index in [1.807, 2.05) is 12.3 Å². The zero-order valence-electron chi connectivity index (χ0n) is 9.66. The minimum Gasteiger partial charge on any atom is -0.385 e. The highest BCUT2D eigenvalue weighted by Gasteiger charge is 2.02. The highest BCUT2D eigenvalue weighted by Crippen LogP contribution is 2.25. The van der Waals surface area contributed by atoms with Crippen LogP contribution in [0, 0.1) is 6.92 Å². The van der Waals surface area contributed by atoms with Crippen LogP contribution in [0.2, 0.25) is 0 Å². The fourth-order valence-electron chi connectivity index (χ4n) is 1.55. The van der Waals surface area contributed by atoms with Gasteiger partial charge in [-0.15, -0.1) is 11.3 Å². The zero-order valence-corrected chi connectivity index (χ0v) is 10.5. The van der Waals surface area contributed by atoms with Gasteiger partial charge in [-0.25, -0.2) is 0 Å². The summed E-state index contributed by atoms with van der Waals surface area (Å²) in [7, 11) is 0. The molecule has 16 heavy (non-hydrogen) atoms. The first kappa shape index (κ1) is 11.1. The van der Waals surface area contributed by atoms with Crippen molar-refractivity contribution in [3.63, 3.8) is 0 Å². The molecule has 2 aromatic heterocycles. The van der Waals surface area contributed by atoms with E-state index in [2.05, 4.69) is 41.7 Å². The van der Waals surface area contributed by atoms with E-state index in [1.165, 1.54) is 10.4 Å². The lowest BCUT2D eigenvalue weighted by Crippen LogP contribution is -1.99. The molecule has 0 aliphatic heterocycles. The number of aromatic nitrogens is 1. The van der Waals surface area contributed by atoms with Crippen LogP contribution in [-0.2, 0) is 0 Å². The van der Waals surface area contributed by atoms with E-state index in [4.69, 9.17) is 0 Å². The fraction of sp³-hybridized carbons (Fsp3) is 0.308. The van der Waals surface area contributed by atoms with Crippen LogP contribution in [0.5, 0.6) is 0 Å². The Kier molecular flexibility index (Phi) is 3.57. The van der Waals surface area contributed by atoms with Gasteiger partial charge in [0.25, 0.3) is 0 Å². The van der Waals surface area contributed by atoms with Gasteiger partial charge in [0.2, 0.25) is 0 Å². The molecule has 2 rings (SSSR count). The predicted molar refractivity (Wildman–Crippen MR) is 71.1 cm³/mol. The van der Waals surface area contributed by atoms with Crippen LogP contribution in [0.1, 0.15) is 18.2 Å². The van der Waals surface area contributed by atoms with E-state index >= 15 is 0 Å². The number of hydrogen-bond donors (Lipinski definition) is 1. The number of thiophene rings is 1. The lowest BCUT2D eigenvalue weighted by Gasteiger charge is -2.05. The third-order valence-corrected chi connectivity index (χ3v) is 3.23. The number of pyridine rings is 1. The zero-order chi connectivity index (χ0) is 11.4. The Hall–Kier alpha value is -1.35. The van der Waals surface area contributed by atoms with Crippen LogP contribution in [0.4, 0.5) is 5.69 Å². The summed E-state index contributed by atoms with van der Waals surface area (Å²) in [6.07, 6.45) is 3.00. The summed E-state index contributed by atoms with van der Waals surface area (Å²) in [5.41, 5.74) is 3.41. The number of hydrogen-bond acceptors (Lipinski definition) is 3. The highest BCUT2D eigenvalue weighted by molar-refractivity contribution is 7.10. The summed E-state index contributed by atoms with van der Waals surface area (Å²) in [6, 6.07) is 6.30. The topological polar surface area (TPSA) is 24.9 Å². The molecular formula is C13H16N2S. The van der Waals surface area contributed by atoms with Gasteiger partial charge in [0.1, 0.15) is 0 Å². The van der Waals surface area contributed by atoms with Gasteiger partial charge in [-0.05, 0) is 31.5 Å². The minimum atomic E-state index is 1.01. The van der Waals surface area contributed by atoms with Crippen LogP contribution in [0.3, 0.4) is 0 Å². The van der Waals surface area contributed by atoms with Crippen molar-refractivity contribution in [2.24, 2.45) is 0 Å². The van der Waals surface area contributed by atoms with Gasteiger partial charge < -0.3 is 5.32 Å². The smallest absolute Gasteiger partial charge is 0.0730 e. The summed E-state index contributed by atoms with van der Waals surface area (Å²) in [5, 5.41) is 5.53. The Morgan fingerprint density at radius 1 is 1.38 bits per heavy atom. The standard InChI is InChI=1S/C13H16N2S/c1-3-5-14-12-4-6-15-13(8-12)11-7-10(2)16-9-11/h4,6-9H,3,5H2,1-2H3,(H,14,15). The van der Waals surface area contributed by atoms with E-state index in [1.54, 1.807) is 11.3 Å². The van der Waals surface area contributed by atoms with Gasteiger partial charge in [-0.1, -0.05) is 6.92 Å². The van der Waals surface area contributed by atoms with E-state index in [-0.39, 0.29) is 0 Å². The number of anilines is 1. The van der Waals surface area contributed by atoms with Gasteiger partial charge in [0.15, 0.2) is 0 Å². The second kappa shape index (κ2) is 5.12. The molecule has 1 N–H and O–H groups in total. The van der Waals surface area contributed by atoms with Crippen molar-refractivity contribution in [1.29, 1.82) is 0 Å². The van der Waals surface area contributed by atoms with Crippen molar-refractivity contribution >= 4 is 17.0 Å². The molecular weight excluding hydrogens is 216 g/mol. The second-order valence-corrected chi connectivity index (χ2v) is 4.92. The molecule has 0 radical (unpaired) electrons. The van der Waals surface area contributed by atoms with E-state index < -0.39 is 0 Å². The average Bonchev–Trinajstić information content (AvgIpc) is 2.74. The maximum atomic E-state index is 4.40. The number of rotatable bonds is 4. The molecule has 0 fully saturated rings. The van der Waals surface area contributed by atoms with Crippen molar-refractivity contribution in [3.8, 4) is 11.3 Å². The average molecular weight is 232 g/mol. The van der Waals surface area contributed by atoms with Crippen LogP contribution < -0.4 is 5.32 Å². The van der Waals surface area contributed by atoms with E-state index in [0.29, 0.717) is 0 Å². The Labute approximate surface area is 100 Å². The number of aryl methyl sites for hydroxylation is 1. The maximum absolute atomic E-state index is 4.40.